The SMILES string of the molecule is N[C@@H](CCC(=O)O[C@@H](C=O)[C@@H](O)[C@H](O)[C@H](O)C(=O)OC(CC(=O)O)(CC(=O)O)C(=O)O)C(=O)O. The van der Waals surface area contributed by atoms with Crippen LogP contribution in [0.5, 0.6) is 0 Å². The number of rotatable bonds is 16. The number of carboxylic acid groups (broad SMARTS) is 4. The molecule has 0 aliphatic heterocycles. The minimum Gasteiger partial charge on any atom is -0.481 e. The predicted molar refractivity (Wildman–Crippen MR) is 99.8 cm³/mol. The molecule has 5 atom stereocenters. The smallest absolute Gasteiger partial charge is 0.349 e. The number of aliphatic hydroxyl groups is 3. The van der Waals surface area contributed by atoms with Crippen LogP contribution in [0.3, 0.4) is 0 Å². The van der Waals surface area contributed by atoms with Gasteiger partial charge in [0.1, 0.15) is 18.2 Å². The number of carboxylic acids is 4. The number of nitrogens with two attached hydrogens (primary N) is 1. The molecule has 192 valence electrons. The quantitative estimate of drug-likeness (QED) is 0.0738. The van der Waals surface area contributed by atoms with E-state index in [2.05, 4.69) is 9.47 Å². The molecule has 0 unspecified atom stereocenters. The van der Waals surface area contributed by atoms with Gasteiger partial charge in [0.2, 0.25) is 5.60 Å². The van der Waals surface area contributed by atoms with Crippen molar-refractivity contribution in [2.24, 2.45) is 5.73 Å². The predicted octanol–water partition coefficient (Wildman–Crippen LogP) is -4.31. The first-order valence-corrected chi connectivity index (χ1v) is 9.15. The Morgan fingerprint density at radius 3 is 1.76 bits per heavy atom. The summed E-state index contributed by atoms with van der Waals surface area (Å²) in [6.07, 6.45) is -14.7. The van der Waals surface area contributed by atoms with E-state index in [9.17, 15) is 54.0 Å². The summed E-state index contributed by atoms with van der Waals surface area (Å²) >= 11 is 0. The number of ether oxygens (including phenoxy) is 2. The van der Waals surface area contributed by atoms with Crippen LogP contribution in [0.1, 0.15) is 25.7 Å². The summed E-state index contributed by atoms with van der Waals surface area (Å²) in [7, 11) is 0. The Balaban J connectivity index is 5.43. The molecule has 17 nitrogen and oxygen atoms in total. The molecule has 0 bridgehead atoms. The molecule has 0 aromatic heterocycles. The van der Waals surface area contributed by atoms with Crippen molar-refractivity contribution in [1.29, 1.82) is 0 Å². The minimum absolute atomic E-state index is 0.225. The van der Waals surface area contributed by atoms with Crippen LogP contribution in [-0.4, -0.2) is 114 Å². The van der Waals surface area contributed by atoms with Gasteiger partial charge in [-0.3, -0.25) is 24.0 Å². The number of hydrogen-bond acceptors (Lipinski definition) is 13. The number of aliphatic hydroxyl groups excluding tert-OH is 3. The van der Waals surface area contributed by atoms with Crippen LogP contribution >= 0.6 is 0 Å². The number of aliphatic carboxylic acids is 4. The first kappa shape index (κ1) is 30.3. The maximum Gasteiger partial charge on any atom is 0.349 e. The first-order valence-electron chi connectivity index (χ1n) is 9.15. The van der Waals surface area contributed by atoms with Gasteiger partial charge in [-0.1, -0.05) is 0 Å². The highest BCUT2D eigenvalue weighted by molar-refractivity contribution is 5.91. The molecule has 9 N–H and O–H groups in total. The van der Waals surface area contributed by atoms with E-state index in [-0.39, 0.29) is 6.29 Å². The Morgan fingerprint density at radius 1 is 0.882 bits per heavy atom. The first-order chi connectivity index (χ1) is 15.6. The summed E-state index contributed by atoms with van der Waals surface area (Å²) < 4.78 is 8.86. The second kappa shape index (κ2) is 13.1. The summed E-state index contributed by atoms with van der Waals surface area (Å²) in [6.45, 7) is 0. The van der Waals surface area contributed by atoms with Gasteiger partial charge in [-0.2, -0.15) is 0 Å². The summed E-state index contributed by atoms with van der Waals surface area (Å²) in [5, 5.41) is 65.3. The molecule has 17 heteroatoms. The van der Waals surface area contributed by atoms with Crippen molar-refractivity contribution in [3.05, 3.63) is 0 Å². The largest absolute Gasteiger partial charge is 0.481 e. The fourth-order valence-corrected chi connectivity index (χ4v) is 2.38. The van der Waals surface area contributed by atoms with Crippen molar-refractivity contribution < 1.29 is 78.8 Å². The maximum absolute atomic E-state index is 12.1. The van der Waals surface area contributed by atoms with Crippen molar-refractivity contribution in [2.75, 3.05) is 0 Å². The molecule has 0 amide bonds. The van der Waals surface area contributed by atoms with E-state index >= 15 is 0 Å². The molecule has 0 radical (unpaired) electrons. The van der Waals surface area contributed by atoms with E-state index < -0.39 is 97.6 Å². The molecule has 0 aromatic carbocycles. The van der Waals surface area contributed by atoms with Gasteiger partial charge in [0.15, 0.2) is 18.5 Å². The van der Waals surface area contributed by atoms with Gasteiger partial charge in [0.05, 0.1) is 12.8 Å². The van der Waals surface area contributed by atoms with Crippen LogP contribution in [0.25, 0.3) is 0 Å². The molecule has 0 saturated heterocycles. The lowest BCUT2D eigenvalue weighted by Gasteiger charge is -2.30. The molecule has 34 heavy (non-hydrogen) atoms. The van der Waals surface area contributed by atoms with Crippen LogP contribution in [0, 0.1) is 0 Å². The van der Waals surface area contributed by atoms with Gasteiger partial charge in [-0.25, -0.2) is 9.59 Å². The molecule has 0 fully saturated rings. The monoisotopic (exact) mass is 497 g/mol. The molecule has 0 spiro atoms. The average molecular weight is 497 g/mol. The number of carbonyl (C=O) groups is 7. The van der Waals surface area contributed by atoms with Gasteiger partial charge in [0.25, 0.3) is 0 Å². The highest BCUT2D eigenvalue weighted by Crippen LogP contribution is 2.24. The molecule has 0 heterocycles. The van der Waals surface area contributed by atoms with Crippen molar-refractivity contribution in [1.82, 2.24) is 0 Å². The van der Waals surface area contributed by atoms with Crippen LogP contribution in [0.15, 0.2) is 0 Å². The van der Waals surface area contributed by atoms with E-state index in [4.69, 9.17) is 21.1 Å². The normalized spacial score (nSPS) is 15.6. The number of esters is 2. The van der Waals surface area contributed by atoms with Crippen LogP contribution in [-0.2, 0) is 43.0 Å². The van der Waals surface area contributed by atoms with E-state index in [1.54, 1.807) is 0 Å². The Bertz CT molecular complexity index is 793. The van der Waals surface area contributed by atoms with Gasteiger partial charge in [0, 0.05) is 6.42 Å². The topological polar surface area (TPSA) is 306 Å². The molecule has 0 aliphatic rings. The van der Waals surface area contributed by atoms with Crippen LogP contribution < -0.4 is 5.73 Å². The lowest BCUT2D eigenvalue weighted by Crippen LogP contribution is -2.53. The molecule has 0 aliphatic carbocycles. The summed E-state index contributed by atoms with van der Waals surface area (Å²) in [4.78, 5) is 78.8. The zero-order valence-corrected chi connectivity index (χ0v) is 17.2. The molecule has 0 rings (SSSR count). The van der Waals surface area contributed by atoms with E-state index in [0.29, 0.717) is 0 Å². The van der Waals surface area contributed by atoms with E-state index in [0.717, 1.165) is 0 Å². The zero-order chi connectivity index (χ0) is 26.8. The summed E-state index contributed by atoms with van der Waals surface area (Å²) in [5.74, 6) is -10.8. The standard InChI is InChI=1S/C17H23NO16/c18-6(14(28)29)1-2-10(24)33-7(5-19)11(25)12(26)13(27)15(30)34-17(16(31)32,3-8(20)21)4-9(22)23/h5-7,11-13,25-27H,1-4,18H2,(H,20,21)(H,22,23)(H,28,29)(H,31,32)/t6-,7-,11+,12-,13-/m0/s1. The van der Waals surface area contributed by atoms with Crippen molar-refractivity contribution in [3.63, 3.8) is 0 Å². The second-order valence-electron chi connectivity index (χ2n) is 6.86. The lowest BCUT2D eigenvalue weighted by molar-refractivity contribution is -0.198. The molecular weight excluding hydrogens is 474 g/mol. The fraction of sp³-hybridized carbons (Fsp3) is 0.588. The second-order valence-corrected chi connectivity index (χ2v) is 6.86. The lowest BCUT2D eigenvalue weighted by atomic mass is 9.94. The average Bonchev–Trinajstić information content (AvgIpc) is 2.72. The number of hydrogen-bond donors (Lipinski definition) is 8. The number of aldehydes is 1. The third-order valence-corrected chi connectivity index (χ3v) is 4.19. The van der Waals surface area contributed by atoms with Gasteiger partial charge in [-0.15, -0.1) is 0 Å². The van der Waals surface area contributed by atoms with Gasteiger partial charge < -0.3 is 51.0 Å². The summed E-state index contributed by atoms with van der Waals surface area (Å²) in [6, 6.07) is -1.46. The van der Waals surface area contributed by atoms with Crippen molar-refractivity contribution in [2.45, 2.75) is 61.7 Å². The molecular formula is C17H23NO16. The van der Waals surface area contributed by atoms with Crippen LogP contribution in [0.4, 0.5) is 0 Å². The Labute approximate surface area is 189 Å². The molecule has 0 aromatic rings. The Kier molecular flexibility index (Phi) is 11.7. The highest BCUT2D eigenvalue weighted by atomic mass is 16.6. The molecule has 0 saturated carbocycles. The highest BCUT2D eigenvalue weighted by Gasteiger charge is 2.49. The Morgan fingerprint density at radius 2 is 1.38 bits per heavy atom. The fourth-order valence-electron chi connectivity index (χ4n) is 2.38. The third-order valence-electron chi connectivity index (χ3n) is 4.19. The third kappa shape index (κ3) is 9.06. The van der Waals surface area contributed by atoms with Gasteiger partial charge in [-0.05, 0) is 6.42 Å². The van der Waals surface area contributed by atoms with Crippen molar-refractivity contribution in [3.8, 4) is 0 Å². The Hall–Kier alpha value is -3.67. The zero-order valence-electron chi connectivity index (χ0n) is 17.2. The van der Waals surface area contributed by atoms with E-state index in [1.165, 1.54) is 0 Å². The van der Waals surface area contributed by atoms with Crippen LogP contribution in [0.2, 0.25) is 0 Å². The maximum atomic E-state index is 12.1. The minimum atomic E-state index is -3.21. The summed E-state index contributed by atoms with van der Waals surface area (Å²) in [5.41, 5.74) is 1.97. The number of carbonyl (C=O) groups excluding carboxylic acids is 3. The van der Waals surface area contributed by atoms with Crippen molar-refractivity contribution >= 4 is 42.1 Å². The van der Waals surface area contributed by atoms with E-state index in [1.807, 2.05) is 0 Å². The van der Waals surface area contributed by atoms with Gasteiger partial charge >= 0.3 is 35.8 Å².